The van der Waals surface area contributed by atoms with Gasteiger partial charge in [-0.15, -0.1) is 13.2 Å². The van der Waals surface area contributed by atoms with Crippen molar-refractivity contribution in [2.75, 3.05) is 26.2 Å². The van der Waals surface area contributed by atoms with Crippen molar-refractivity contribution in [2.45, 2.75) is 12.4 Å². The first-order valence-electron chi connectivity index (χ1n) is 7.96. The summed E-state index contributed by atoms with van der Waals surface area (Å²) in [6, 6.07) is 9.03. The maximum Gasteiger partial charge on any atom is 0.573 e. The van der Waals surface area contributed by atoms with E-state index in [0.29, 0.717) is 0 Å². The minimum Gasteiger partial charge on any atom is -0.406 e. The number of alkyl halides is 3. The molecular formula is C17H16Cl2F3N3O. The average molecular weight is 406 g/mol. The van der Waals surface area contributed by atoms with Gasteiger partial charge in [-0.3, -0.25) is 4.90 Å². The lowest BCUT2D eigenvalue weighted by atomic mass is 9.97. The molecule has 9 heteroatoms. The van der Waals surface area contributed by atoms with Crippen LogP contribution in [0.5, 0.6) is 5.75 Å². The molecule has 0 aliphatic carbocycles. The molecule has 2 aromatic rings. The van der Waals surface area contributed by atoms with E-state index in [0.717, 1.165) is 37.3 Å². The van der Waals surface area contributed by atoms with Gasteiger partial charge in [-0.05, 0) is 23.8 Å². The van der Waals surface area contributed by atoms with Crippen LogP contribution in [-0.4, -0.2) is 42.4 Å². The van der Waals surface area contributed by atoms with Gasteiger partial charge in [-0.25, -0.2) is 4.98 Å². The van der Waals surface area contributed by atoms with E-state index < -0.39 is 6.36 Å². The standard InChI is InChI=1S/C17H16Cl2F3N3O/c18-14-6-5-13(16(19)24-14)15(25-9-7-23-8-10-25)11-1-3-12(4-2-11)26-17(20,21)22/h1-6,15,23H,7-10H2/t15-/m0/s1. The Labute approximate surface area is 158 Å². The van der Waals surface area contributed by atoms with Crippen molar-refractivity contribution >= 4 is 23.2 Å². The van der Waals surface area contributed by atoms with E-state index in [1.165, 1.54) is 12.1 Å². The molecule has 140 valence electrons. The lowest BCUT2D eigenvalue weighted by molar-refractivity contribution is -0.274. The van der Waals surface area contributed by atoms with Crippen molar-refractivity contribution in [3.8, 4) is 5.75 Å². The molecule has 1 aromatic heterocycles. The lowest BCUT2D eigenvalue weighted by Crippen LogP contribution is -2.45. The number of rotatable bonds is 4. The predicted octanol–water partition coefficient (Wildman–Crippen LogP) is 4.28. The van der Waals surface area contributed by atoms with Crippen LogP contribution in [0.3, 0.4) is 0 Å². The van der Waals surface area contributed by atoms with Crippen LogP contribution >= 0.6 is 23.2 Å². The first-order chi connectivity index (χ1) is 12.3. The smallest absolute Gasteiger partial charge is 0.406 e. The highest BCUT2D eigenvalue weighted by Crippen LogP contribution is 2.34. The van der Waals surface area contributed by atoms with Gasteiger partial charge in [0.2, 0.25) is 0 Å². The van der Waals surface area contributed by atoms with Gasteiger partial charge in [0.1, 0.15) is 16.1 Å². The fourth-order valence-corrected chi connectivity index (χ4v) is 3.45. The molecule has 0 bridgehead atoms. The zero-order valence-corrected chi connectivity index (χ0v) is 15.1. The number of ether oxygens (including phenoxy) is 1. The first kappa shape index (κ1) is 19.2. The molecule has 1 saturated heterocycles. The van der Waals surface area contributed by atoms with Crippen LogP contribution < -0.4 is 10.1 Å². The zero-order chi connectivity index (χ0) is 18.7. The molecule has 3 rings (SSSR count). The largest absolute Gasteiger partial charge is 0.573 e. The zero-order valence-electron chi connectivity index (χ0n) is 13.6. The molecule has 0 amide bonds. The average Bonchev–Trinajstić information content (AvgIpc) is 2.58. The van der Waals surface area contributed by atoms with Crippen molar-refractivity contribution in [1.82, 2.24) is 15.2 Å². The van der Waals surface area contributed by atoms with Gasteiger partial charge in [0, 0.05) is 31.7 Å². The van der Waals surface area contributed by atoms with Crippen molar-refractivity contribution in [2.24, 2.45) is 0 Å². The molecule has 1 N–H and O–H groups in total. The maximum absolute atomic E-state index is 12.4. The summed E-state index contributed by atoms with van der Waals surface area (Å²) in [5, 5.41) is 3.83. The number of halogens is 5. The maximum atomic E-state index is 12.4. The van der Waals surface area contributed by atoms with Crippen LogP contribution in [0.25, 0.3) is 0 Å². The molecule has 1 aliphatic heterocycles. The van der Waals surface area contributed by atoms with Gasteiger partial charge in [-0.2, -0.15) is 0 Å². The summed E-state index contributed by atoms with van der Waals surface area (Å²) in [7, 11) is 0. The van der Waals surface area contributed by atoms with Crippen LogP contribution in [0.15, 0.2) is 36.4 Å². The van der Waals surface area contributed by atoms with Crippen LogP contribution in [0.2, 0.25) is 10.3 Å². The van der Waals surface area contributed by atoms with E-state index in [2.05, 4.69) is 19.9 Å². The summed E-state index contributed by atoms with van der Waals surface area (Å²) in [5.74, 6) is -0.263. The highest BCUT2D eigenvalue weighted by atomic mass is 35.5. The fourth-order valence-electron chi connectivity index (χ4n) is 3.01. The minimum atomic E-state index is -4.72. The SMILES string of the molecule is FC(F)(F)Oc1ccc([C@@H](c2ccc(Cl)nc2Cl)N2CCNCC2)cc1. The number of piperazine rings is 1. The van der Waals surface area contributed by atoms with Crippen molar-refractivity contribution in [3.63, 3.8) is 0 Å². The Morgan fingerprint density at radius 3 is 2.27 bits per heavy atom. The molecule has 0 spiro atoms. The summed E-state index contributed by atoms with van der Waals surface area (Å²) in [6.07, 6.45) is -4.72. The number of nitrogens with zero attached hydrogens (tertiary/aromatic N) is 2. The topological polar surface area (TPSA) is 37.4 Å². The Morgan fingerprint density at radius 2 is 1.69 bits per heavy atom. The summed E-state index contributed by atoms with van der Waals surface area (Å²) >= 11 is 12.2. The van der Waals surface area contributed by atoms with Crippen LogP contribution in [-0.2, 0) is 0 Å². The number of pyridine rings is 1. The van der Waals surface area contributed by atoms with Gasteiger partial charge in [0.15, 0.2) is 0 Å². The molecule has 0 radical (unpaired) electrons. The van der Waals surface area contributed by atoms with Gasteiger partial charge in [-0.1, -0.05) is 41.4 Å². The fraction of sp³-hybridized carbons (Fsp3) is 0.353. The number of hydrogen-bond acceptors (Lipinski definition) is 4. The Bertz CT molecular complexity index is 750. The molecule has 2 heterocycles. The van der Waals surface area contributed by atoms with Crippen LogP contribution in [0.1, 0.15) is 17.2 Å². The summed E-state index contributed by atoms with van der Waals surface area (Å²) in [4.78, 5) is 6.30. The molecule has 0 saturated carbocycles. The molecule has 1 fully saturated rings. The van der Waals surface area contributed by atoms with E-state index in [1.54, 1.807) is 24.3 Å². The third-order valence-electron chi connectivity index (χ3n) is 4.08. The third kappa shape index (κ3) is 4.79. The van der Waals surface area contributed by atoms with Crippen LogP contribution in [0.4, 0.5) is 13.2 Å². The second-order valence-electron chi connectivity index (χ2n) is 5.82. The van der Waals surface area contributed by atoms with E-state index in [-0.39, 0.29) is 22.1 Å². The van der Waals surface area contributed by atoms with Crippen molar-refractivity contribution in [1.29, 1.82) is 0 Å². The first-order valence-corrected chi connectivity index (χ1v) is 8.71. The van der Waals surface area contributed by atoms with Crippen molar-refractivity contribution < 1.29 is 17.9 Å². The monoisotopic (exact) mass is 405 g/mol. The second kappa shape index (κ2) is 8.00. The molecule has 1 atom stereocenters. The second-order valence-corrected chi connectivity index (χ2v) is 6.56. The molecule has 1 aliphatic rings. The van der Waals surface area contributed by atoms with E-state index >= 15 is 0 Å². The quantitative estimate of drug-likeness (QED) is 0.770. The number of benzene rings is 1. The summed E-state index contributed by atoms with van der Waals surface area (Å²) < 4.78 is 41.1. The van der Waals surface area contributed by atoms with Crippen molar-refractivity contribution in [3.05, 3.63) is 57.8 Å². The third-order valence-corrected chi connectivity index (χ3v) is 4.60. The highest BCUT2D eigenvalue weighted by molar-refractivity contribution is 6.32. The van der Waals surface area contributed by atoms with E-state index in [1.807, 2.05) is 0 Å². The van der Waals surface area contributed by atoms with E-state index in [4.69, 9.17) is 23.2 Å². The van der Waals surface area contributed by atoms with E-state index in [9.17, 15) is 13.2 Å². The van der Waals surface area contributed by atoms with Gasteiger partial charge >= 0.3 is 6.36 Å². The molecular weight excluding hydrogens is 390 g/mol. The minimum absolute atomic E-state index is 0.241. The van der Waals surface area contributed by atoms with Gasteiger partial charge < -0.3 is 10.1 Å². The number of aromatic nitrogens is 1. The Hall–Kier alpha value is -1.54. The summed E-state index contributed by atoms with van der Waals surface area (Å²) in [5.41, 5.74) is 1.55. The lowest BCUT2D eigenvalue weighted by Gasteiger charge is -2.35. The normalized spacial score (nSPS) is 17.1. The molecule has 26 heavy (non-hydrogen) atoms. The molecule has 4 nitrogen and oxygen atoms in total. The number of hydrogen-bond donors (Lipinski definition) is 1. The molecule has 1 aromatic carbocycles. The van der Waals surface area contributed by atoms with Gasteiger partial charge in [0.25, 0.3) is 0 Å². The Balaban J connectivity index is 1.95. The van der Waals surface area contributed by atoms with Crippen LogP contribution in [0, 0.1) is 0 Å². The molecule has 0 unspecified atom stereocenters. The summed E-state index contributed by atoms with van der Waals surface area (Å²) in [6.45, 7) is 3.16. The Kier molecular flexibility index (Phi) is 5.92. The highest BCUT2D eigenvalue weighted by Gasteiger charge is 2.31. The Morgan fingerprint density at radius 1 is 1.04 bits per heavy atom. The predicted molar refractivity (Wildman–Crippen MR) is 93.7 cm³/mol. The van der Waals surface area contributed by atoms with Gasteiger partial charge in [0.05, 0.1) is 6.04 Å². The number of nitrogens with one attached hydrogen (secondary N) is 1.